The summed E-state index contributed by atoms with van der Waals surface area (Å²) in [5, 5.41) is 3.23. The molecule has 5 rings (SSSR count). The molecule has 7 nitrogen and oxygen atoms in total. The standard InChI is InChI=1S/C32H41N5O2S/c1-32(2,3)23-11-9-22(10-12-23)18-36-21-34-27-17-28(31(39)35-25-15-13-24(33)14-16-25)37(19-29(27)36)30(38)20-40-26-7-5-4-6-8-26/h4-12,21,24-25,28H,13-20,33H2,1-3H3,(H,35,39). The first-order valence-electron chi connectivity index (χ1n) is 14.3. The minimum Gasteiger partial charge on any atom is -0.352 e. The highest BCUT2D eigenvalue weighted by Gasteiger charge is 2.37. The van der Waals surface area contributed by atoms with Crippen molar-refractivity contribution in [3.05, 3.63) is 83.4 Å². The molecule has 40 heavy (non-hydrogen) atoms. The van der Waals surface area contributed by atoms with Crippen LogP contribution in [0.1, 0.15) is 69.0 Å². The van der Waals surface area contributed by atoms with Crippen LogP contribution in [0.2, 0.25) is 0 Å². The number of nitrogens with one attached hydrogen (secondary N) is 1. The third-order valence-electron chi connectivity index (χ3n) is 8.14. The summed E-state index contributed by atoms with van der Waals surface area (Å²) in [6.07, 6.45) is 5.86. The van der Waals surface area contributed by atoms with Gasteiger partial charge >= 0.3 is 0 Å². The third-order valence-corrected chi connectivity index (χ3v) is 9.13. The van der Waals surface area contributed by atoms with Crippen molar-refractivity contribution in [2.75, 3.05) is 5.75 Å². The molecule has 1 fully saturated rings. The van der Waals surface area contributed by atoms with Crippen molar-refractivity contribution >= 4 is 23.6 Å². The Kier molecular flexibility index (Phi) is 8.66. The number of imidazole rings is 1. The van der Waals surface area contributed by atoms with E-state index in [1.165, 1.54) is 22.9 Å². The molecule has 1 aliphatic carbocycles. The van der Waals surface area contributed by atoms with Crippen molar-refractivity contribution in [2.24, 2.45) is 5.73 Å². The Balaban J connectivity index is 1.34. The number of benzene rings is 2. The summed E-state index contributed by atoms with van der Waals surface area (Å²) in [6.45, 7) is 7.69. The lowest BCUT2D eigenvalue weighted by atomic mass is 9.87. The number of hydrogen-bond donors (Lipinski definition) is 2. The van der Waals surface area contributed by atoms with Gasteiger partial charge in [0.1, 0.15) is 6.04 Å². The van der Waals surface area contributed by atoms with Crippen LogP contribution in [-0.2, 0) is 34.5 Å². The first-order chi connectivity index (χ1) is 19.2. The quantitative estimate of drug-likeness (QED) is 0.411. The average Bonchev–Trinajstić information content (AvgIpc) is 3.34. The van der Waals surface area contributed by atoms with E-state index < -0.39 is 6.04 Å². The van der Waals surface area contributed by atoms with Crippen LogP contribution in [0, 0.1) is 0 Å². The summed E-state index contributed by atoms with van der Waals surface area (Å²) in [7, 11) is 0. The van der Waals surface area contributed by atoms with Crippen molar-refractivity contribution < 1.29 is 9.59 Å². The number of nitrogens with two attached hydrogens (primary N) is 1. The van der Waals surface area contributed by atoms with Crippen LogP contribution < -0.4 is 11.1 Å². The van der Waals surface area contributed by atoms with Gasteiger partial charge in [-0.05, 0) is 54.4 Å². The molecule has 0 saturated heterocycles. The second-order valence-corrected chi connectivity index (χ2v) is 13.2. The Labute approximate surface area is 241 Å². The van der Waals surface area contributed by atoms with E-state index in [1.54, 1.807) is 4.90 Å². The van der Waals surface area contributed by atoms with Crippen LogP contribution in [0.15, 0.2) is 65.8 Å². The van der Waals surface area contributed by atoms with Gasteiger partial charge in [0.15, 0.2) is 0 Å². The molecule has 1 aliphatic heterocycles. The van der Waals surface area contributed by atoms with Gasteiger partial charge in [-0.1, -0.05) is 63.2 Å². The molecule has 2 aliphatic rings. The molecule has 2 aromatic carbocycles. The van der Waals surface area contributed by atoms with E-state index in [-0.39, 0.29) is 35.1 Å². The Bertz CT molecular complexity index is 1310. The van der Waals surface area contributed by atoms with Crippen LogP contribution in [0.25, 0.3) is 0 Å². The molecule has 8 heteroatoms. The first-order valence-corrected chi connectivity index (χ1v) is 15.3. The molecule has 2 amide bonds. The van der Waals surface area contributed by atoms with E-state index in [1.807, 2.05) is 36.7 Å². The summed E-state index contributed by atoms with van der Waals surface area (Å²) >= 11 is 1.51. The number of aromatic nitrogens is 2. The second kappa shape index (κ2) is 12.2. The fourth-order valence-corrected chi connectivity index (χ4v) is 6.42. The van der Waals surface area contributed by atoms with Gasteiger partial charge in [-0.3, -0.25) is 9.59 Å². The van der Waals surface area contributed by atoms with Gasteiger partial charge in [0.25, 0.3) is 0 Å². The van der Waals surface area contributed by atoms with Crippen LogP contribution >= 0.6 is 11.8 Å². The van der Waals surface area contributed by atoms with E-state index in [2.05, 4.69) is 54.9 Å². The Morgan fingerprint density at radius 2 is 1.73 bits per heavy atom. The zero-order valence-corrected chi connectivity index (χ0v) is 24.6. The summed E-state index contributed by atoms with van der Waals surface area (Å²) < 4.78 is 2.13. The fourth-order valence-electron chi connectivity index (χ4n) is 5.61. The Morgan fingerprint density at radius 3 is 2.40 bits per heavy atom. The van der Waals surface area contributed by atoms with E-state index in [0.29, 0.717) is 19.5 Å². The predicted molar refractivity (Wildman–Crippen MR) is 160 cm³/mol. The van der Waals surface area contributed by atoms with E-state index in [0.717, 1.165) is 42.0 Å². The summed E-state index contributed by atoms with van der Waals surface area (Å²) in [6, 6.07) is 18.4. The van der Waals surface area contributed by atoms with Crippen LogP contribution in [0.5, 0.6) is 0 Å². The number of hydrogen-bond acceptors (Lipinski definition) is 5. The normalized spacial score (nSPS) is 21.1. The minimum atomic E-state index is -0.568. The van der Waals surface area contributed by atoms with Crippen LogP contribution in [-0.4, -0.2) is 50.1 Å². The van der Waals surface area contributed by atoms with Gasteiger partial charge in [-0.2, -0.15) is 0 Å². The molecule has 1 atom stereocenters. The first kappa shape index (κ1) is 28.4. The SMILES string of the molecule is CC(C)(C)c1ccc(Cn2cnc3c2CN(C(=O)CSc2ccccc2)C(C(=O)NC2CCC(N)CC2)C3)cc1. The molecule has 2 heterocycles. The van der Waals surface area contributed by atoms with Gasteiger partial charge in [-0.15, -0.1) is 11.8 Å². The molecule has 0 spiro atoms. The maximum Gasteiger partial charge on any atom is 0.243 e. The molecule has 0 radical (unpaired) electrons. The molecular weight excluding hydrogens is 518 g/mol. The molecule has 3 aromatic rings. The zero-order chi connectivity index (χ0) is 28.3. The van der Waals surface area contributed by atoms with E-state index in [9.17, 15) is 9.59 Å². The predicted octanol–water partition coefficient (Wildman–Crippen LogP) is 4.66. The Morgan fingerprint density at radius 1 is 1.02 bits per heavy atom. The molecular formula is C32H41N5O2S. The minimum absolute atomic E-state index is 0.0346. The zero-order valence-electron chi connectivity index (χ0n) is 23.8. The van der Waals surface area contributed by atoms with Gasteiger partial charge in [0.2, 0.25) is 11.8 Å². The lowest BCUT2D eigenvalue weighted by Gasteiger charge is -2.36. The second-order valence-electron chi connectivity index (χ2n) is 12.2. The number of rotatable bonds is 7. The van der Waals surface area contributed by atoms with Crippen molar-refractivity contribution in [3.8, 4) is 0 Å². The lowest BCUT2D eigenvalue weighted by Crippen LogP contribution is -2.55. The number of amides is 2. The molecule has 0 bridgehead atoms. The summed E-state index contributed by atoms with van der Waals surface area (Å²) in [4.78, 5) is 34.7. The maximum absolute atomic E-state index is 13.6. The number of fused-ring (bicyclic) bond motifs is 1. The van der Waals surface area contributed by atoms with Crippen molar-refractivity contribution in [1.29, 1.82) is 0 Å². The molecule has 1 saturated carbocycles. The van der Waals surface area contributed by atoms with Gasteiger partial charge in [-0.25, -0.2) is 4.98 Å². The topological polar surface area (TPSA) is 93.2 Å². The molecule has 212 valence electrons. The Hall–Kier alpha value is -3.10. The lowest BCUT2D eigenvalue weighted by molar-refractivity contribution is -0.140. The number of nitrogens with zero attached hydrogens (tertiary/aromatic N) is 3. The molecule has 3 N–H and O–H groups in total. The molecule has 1 unspecified atom stereocenters. The van der Waals surface area contributed by atoms with Gasteiger partial charge in [0.05, 0.1) is 30.0 Å². The third kappa shape index (κ3) is 6.78. The highest BCUT2D eigenvalue weighted by molar-refractivity contribution is 8.00. The smallest absolute Gasteiger partial charge is 0.243 e. The van der Waals surface area contributed by atoms with Crippen LogP contribution in [0.3, 0.4) is 0 Å². The summed E-state index contributed by atoms with van der Waals surface area (Å²) in [5.41, 5.74) is 10.6. The van der Waals surface area contributed by atoms with Crippen molar-refractivity contribution in [3.63, 3.8) is 0 Å². The largest absolute Gasteiger partial charge is 0.352 e. The number of carbonyl (C=O) groups excluding carboxylic acids is 2. The van der Waals surface area contributed by atoms with Gasteiger partial charge in [0, 0.05) is 29.9 Å². The van der Waals surface area contributed by atoms with Gasteiger partial charge < -0.3 is 20.5 Å². The van der Waals surface area contributed by atoms with E-state index in [4.69, 9.17) is 10.7 Å². The average molecular weight is 560 g/mol. The highest BCUT2D eigenvalue weighted by Crippen LogP contribution is 2.28. The van der Waals surface area contributed by atoms with Crippen molar-refractivity contribution in [2.45, 2.75) is 94.4 Å². The highest BCUT2D eigenvalue weighted by atomic mass is 32.2. The monoisotopic (exact) mass is 559 g/mol. The van der Waals surface area contributed by atoms with Crippen LogP contribution in [0.4, 0.5) is 0 Å². The van der Waals surface area contributed by atoms with Crippen molar-refractivity contribution in [1.82, 2.24) is 19.8 Å². The molecule has 1 aromatic heterocycles. The number of carbonyl (C=O) groups is 2. The maximum atomic E-state index is 13.6. The van der Waals surface area contributed by atoms with E-state index >= 15 is 0 Å². The summed E-state index contributed by atoms with van der Waals surface area (Å²) in [5.74, 6) is 0.160. The fraction of sp³-hybridized carbons (Fsp3) is 0.469. The number of thioether (sulfide) groups is 1.